The largest absolute Gasteiger partial charge is 0.481 e. The van der Waals surface area contributed by atoms with Crippen molar-refractivity contribution in [2.75, 3.05) is 25.6 Å². The molecule has 4 heteroatoms. The summed E-state index contributed by atoms with van der Waals surface area (Å²) < 4.78 is 0. The molecule has 1 N–H and O–H groups in total. The van der Waals surface area contributed by atoms with E-state index in [0.717, 1.165) is 12.2 Å². The van der Waals surface area contributed by atoms with E-state index in [2.05, 4.69) is 18.1 Å². The van der Waals surface area contributed by atoms with Gasteiger partial charge in [0.15, 0.2) is 0 Å². The summed E-state index contributed by atoms with van der Waals surface area (Å²) in [7, 11) is 2.00. The van der Waals surface area contributed by atoms with E-state index in [1.54, 1.807) is 13.8 Å². The summed E-state index contributed by atoms with van der Waals surface area (Å²) >= 11 is 1.83. The van der Waals surface area contributed by atoms with Crippen molar-refractivity contribution in [3.8, 4) is 0 Å². The Bertz CT molecular complexity index is 207. The van der Waals surface area contributed by atoms with E-state index in [1.165, 1.54) is 0 Å². The first-order chi connectivity index (χ1) is 6.81. The molecule has 90 valence electrons. The van der Waals surface area contributed by atoms with Gasteiger partial charge in [0.1, 0.15) is 0 Å². The summed E-state index contributed by atoms with van der Waals surface area (Å²) in [5, 5.41) is 9.02. The Morgan fingerprint density at radius 1 is 1.53 bits per heavy atom. The van der Waals surface area contributed by atoms with Gasteiger partial charge in [0.25, 0.3) is 0 Å². The molecule has 0 bridgehead atoms. The molecule has 0 amide bonds. The average molecular weight is 233 g/mol. The number of carboxylic acids is 1. The van der Waals surface area contributed by atoms with Crippen molar-refractivity contribution >= 4 is 17.7 Å². The molecule has 15 heavy (non-hydrogen) atoms. The molecule has 0 spiro atoms. The van der Waals surface area contributed by atoms with Gasteiger partial charge in [-0.15, -0.1) is 0 Å². The monoisotopic (exact) mass is 233 g/mol. The number of hydrogen-bond acceptors (Lipinski definition) is 3. The van der Waals surface area contributed by atoms with Crippen LogP contribution >= 0.6 is 11.8 Å². The van der Waals surface area contributed by atoms with Gasteiger partial charge in [-0.2, -0.15) is 11.8 Å². The molecule has 0 aromatic carbocycles. The lowest BCUT2D eigenvalue weighted by Gasteiger charge is -2.31. The summed E-state index contributed by atoms with van der Waals surface area (Å²) in [6.45, 7) is 6.28. The number of carbonyl (C=O) groups is 1. The highest BCUT2D eigenvalue weighted by molar-refractivity contribution is 7.98. The Balaban J connectivity index is 4.11. The Labute approximate surface area is 97.2 Å². The van der Waals surface area contributed by atoms with Crippen molar-refractivity contribution < 1.29 is 9.90 Å². The van der Waals surface area contributed by atoms with Crippen molar-refractivity contribution in [2.45, 2.75) is 33.2 Å². The molecule has 0 saturated carbocycles. The number of nitrogens with zero attached hydrogens (tertiary/aromatic N) is 1. The molecule has 0 heterocycles. The van der Waals surface area contributed by atoms with Crippen molar-refractivity contribution in [3.05, 3.63) is 0 Å². The van der Waals surface area contributed by atoms with Crippen LogP contribution in [0.3, 0.4) is 0 Å². The molecular weight excluding hydrogens is 210 g/mol. The van der Waals surface area contributed by atoms with Crippen LogP contribution in [0.25, 0.3) is 0 Å². The molecule has 1 atom stereocenters. The van der Waals surface area contributed by atoms with Gasteiger partial charge in [-0.3, -0.25) is 4.79 Å². The molecule has 0 aliphatic carbocycles. The number of carboxylic acid groups (broad SMARTS) is 1. The zero-order chi connectivity index (χ0) is 12.1. The minimum Gasteiger partial charge on any atom is -0.481 e. The smallest absolute Gasteiger partial charge is 0.310 e. The number of aliphatic carboxylic acids is 1. The van der Waals surface area contributed by atoms with Crippen molar-refractivity contribution in [3.63, 3.8) is 0 Å². The van der Waals surface area contributed by atoms with Gasteiger partial charge in [-0.05, 0) is 46.2 Å². The van der Waals surface area contributed by atoms with Gasteiger partial charge in [0, 0.05) is 12.6 Å². The van der Waals surface area contributed by atoms with Crippen LogP contribution in [0.1, 0.15) is 27.2 Å². The van der Waals surface area contributed by atoms with E-state index in [9.17, 15) is 4.79 Å². The van der Waals surface area contributed by atoms with E-state index < -0.39 is 11.4 Å². The molecule has 0 rings (SSSR count). The molecule has 1 unspecified atom stereocenters. The van der Waals surface area contributed by atoms with Gasteiger partial charge in [0.2, 0.25) is 0 Å². The van der Waals surface area contributed by atoms with Crippen LogP contribution in [0.2, 0.25) is 0 Å². The van der Waals surface area contributed by atoms with Crippen LogP contribution in [-0.4, -0.2) is 47.6 Å². The molecule has 0 aliphatic rings. The maximum absolute atomic E-state index is 11.0. The van der Waals surface area contributed by atoms with Crippen LogP contribution in [-0.2, 0) is 4.79 Å². The highest BCUT2D eigenvalue weighted by Crippen LogP contribution is 2.18. The summed E-state index contributed by atoms with van der Waals surface area (Å²) in [6.07, 6.45) is 3.20. The number of rotatable bonds is 7. The number of hydrogen-bond donors (Lipinski definition) is 1. The SMILES string of the molecule is CSCCC(C)N(C)CC(C)(C)C(=O)O. The highest BCUT2D eigenvalue weighted by Gasteiger charge is 2.29. The van der Waals surface area contributed by atoms with Gasteiger partial charge >= 0.3 is 5.97 Å². The summed E-state index contributed by atoms with van der Waals surface area (Å²) in [4.78, 5) is 13.1. The Hall–Kier alpha value is -0.220. The first kappa shape index (κ1) is 14.8. The standard InChI is InChI=1S/C11H23NO2S/c1-9(6-7-15-5)12(4)8-11(2,3)10(13)14/h9H,6-8H2,1-5H3,(H,13,14). The van der Waals surface area contributed by atoms with E-state index in [0.29, 0.717) is 12.6 Å². The lowest BCUT2D eigenvalue weighted by Crippen LogP contribution is -2.41. The Morgan fingerprint density at radius 3 is 2.47 bits per heavy atom. The summed E-state index contributed by atoms with van der Waals surface area (Å²) in [5.41, 5.74) is -0.664. The van der Waals surface area contributed by atoms with Gasteiger partial charge < -0.3 is 10.0 Å². The zero-order valence-electron chi connectivity index (χ0n) is 10.4. The maximum atomic E-state index is 11.0. The molecule has 0 aromatic heterocycles. The first-order valence-corrected chi connectivity index (χ1v) is 6.63. The fourth-order valence-corrected chi connectivity index (χ4v) is 1.93. The van der Waals surface area contributed by atoms with Crippen LogP contribution in [0.4, 0.5) is 0 Å². The minimum atomic E-state index is -0.730. The quantitative estimate of drug-likeness (QED) is 0.731. The zero-order valence-corrected chi connectivity index (χ0v) is 11.2. The summed E-state index contributed by atoms with van der Waals surface area (Å²) in [5.74, 6) is 0.394. The Morgan fingerprint density at radius 2 is 2.07 bits per heavy atom. The van der Waals surface area contributed by atoms with E-state index in [-0.39, 0.29) is 0 Å². The highest BCUT2D eigenvalue weighted by atomic mass is 32.2. The molecule has 0 saturated heterocycles. The van der Waals surface area contributed by atoms with Gasteiger partial charge in [-0.1, -0.05) is 0 Å². The second-order valence-electron chi connectivity index (χ2n) is 4.73. The molecule has 3 nitrogen and oxygen atoms in total. The van der Waals surface area contributed by atoms with Crippen molar-refractivity contribution in [1.29, 1.82) is 0 Å². The third-order valence-corrected chi connectivity index (χ3v) is 3.36. The van der Waals surface area contributed by atoms with E-state index in [1.807, 2.05) is 18.8 Å². The van der Waals surface area contributed by atoms with Gasteiger partial charge in [-0.25, -0.2) is 0 Å². The minimum absolute atomic E-state index is 0.441. The molecule has 0 fully saturated rings. The summed E-state index contributed by atoms with van der Waals surface area (Å²) in [6, 6.07) is 0.441. The predicted molar refractivity (Wildman–Crippen MR) is 66.5 cm³/mol. The first-order valence-electron chi connectivity index (χ1n) is 5.24. The third kappa shape index (κ3) is 5.42. The normalized spacial score (nSPS) is 14.3. The maximum Gasteiger partial charge on any atom is 0.310 e. The van der Waals surface area contributed by atoms with Crippen LogP contribution < -0.4 is 0 Å². The molecular formula is C11H23NO2S. The van der Waals surface area contributed by atoms with Crippen LogP contribution in [0.15, 0.2) is 0 Å². The molecule has 0 aromatic rings. The lowest BCUT2D eigenvalue weighted by molar-refractivity contribution is -0.148. The third-order valence-electron chi connectivity index (χ3n) is 2.72. The second-order valence-corrected chi connectivity index (χ2v) is 5.72. The van der Waals surface area contributed by atoms with E-state index >= 15 is 0 Å². The second kappa shape index (κ2) is 6.38. The fraction of sp³-hybridized carbons (Fsp3) is 0.909. The van der Waals surface area contributed by atoms with Crippen LogP contribution in [0.5, 0.6) is 0 Å². The van der Waals surface area contributed by atoms with Crippen molar-refractivity contribution in [1.82, 2.24) is 4.90 Å². The lowest BCUT2D eigenvalue weighted by atomic mass is 9.92. The van der Waals surface area contributed by atoms with E-state index in [4.69, 9.17) is 5.11 Å². The molecule has 0 aliphatic heterocycles. The van der Waals surface area contributed by atoms with Crippen LogP contribution in [0, 0.1) is 5.41 Å². The topological polar surface area (TPSA) is 40.5 Å². The fourth-order valence-electron chi connectivity index (χ4n) is 1.36. The van der Waals surface area contributed by atoms with Crippen molar-refractivity contribution in [2.24, 2.45) is 5.41 Å². The number of thioether (sulfide) groups is 1. The molecule has 0 radical (unpaired) electrons. The average Bonchev–Trinajstić information content (AvgIpc) is 2.13. The van der Waals surface area contributed by atoms with Gasteiger partial charge in [0.05, 0.1) is 5.41 Å². The predicted octanol–water partition coefficient (Wildman–Crippen LogP) is 2.17. The Kier molecular flexibility index (Phi) is 6.29.